The Morgan fingerprint density at radius 3 is 0.660 bits per heavy atom. The number of nitrogens with zero attached hydrogens (tertiary/aromatic N) is 8. The molecule has 0 atom stereocenters. The van der Waals surface area contributed by atoms with Crippen molar-refractivity contribution in [1.82, 2.24) is 36.5 Å². The van der Waals surface area contributed by atoms with Crippen LogP contribution in [0.1, 0.15) is 0 Å². The molecule has 700 valence electrons. The quantitative estimate of drug-likeness (QED) is 0.117. The molecule has 0 saturated heterocycles. The minimum absolute atomic E-state index is 1.14. The van der Waals surface area contributed by atoms with E-state index in [0.717, 1.165) is 39.8 Å². The normalized spacial score (nSPS) is 11.9. The van der Waals surface area contributed by atoms with Gasteiger partial charge in [-0.3, -0.25) is 0 Å². The summed E-state index contributed by atoms with van der Waals surface area (Å²) in [6, 6.07) is 203. The third-order valence-corrected chi connectivity index (χ3v) is 31.2. The summed E-state index contributed by atoms with van der Waals surface area (Å²) in [6.45, 7) is 0. The summed E-state index contributed by atoms with van der Waals surface area (Å²) in [5.74, 6) is 0. The van der Waals surface area contributed by atoms with Crippen LogP contribution in [-0.2, 0) is 0 Å². The molecule has 0 radical (unpaired) electrons. The lowest BCUT2D eigenvalue weighted by Gasteiger charge is -2.15. The molecular formula is C142H92N8. The molecule has 150 heavy (non-hydrogen) atoms. The Bertz CT molecular complexity index is 10800. The topological polar surface area (TPSA) is 39.4 Å². The van der Waals surface area contributed by atoms with Gasteiger partial charge in [0, 0.05) is 131 Å². The number of rotatable bonds is 12. The average Bonchev–Trinajstić information content (AvgIpc) is 1.54. The fourth-order valence-electron chi connectivity index (χ4n) is 24.8. The van der Waals surface area contributed by atoms with Crippen molar-refractivity contribution in [3.05, 3.63) is 558 Å². The molecule has 8 nitrogen and oxygen atoms in total. The van der Waals surface area contributed by atoms with Crippen LogP contribution in [-0.4, -0.2) is 36.5 Å². The van der Waals surface area contributed by atoms with Crippen molar-refractivity contribution in [3.63, 3.8) is 0 Å². The zero-order chi connectivity index (χ0) is 98.5. The first kappa shape index (κ1) is 85.5. The summed E-state index contributed by atoms with van der Waals surface area (Å²) in [7, 11) is 0. The molecule has 24 aromatic carbocycles. The standard InChI is InChI=1S/C52H33N3.C48H31N3.C42H28N2/c1-2-14-34(15-3-1)37-30-31-48(39-17-5-4-16-38(37)39)55-47-25-13-9-21-43(47)52-50(55)33-32-49-51(52)42-20-8-12-24-46(42)54(49)36-28-26-35(27-29-36)53-44-22-10-6-18-40(44)41-19-7-11-23-45(41)53;1-2-12-32(13-3-1)33-22-24-34(25-23-33)50-43-20-10-6-16-39(43)47-45(50)30-31-46-48(47)40-17-7-11-21-44(40)51(46)36-28-26-35(27-29-36)49-41-18-8-4-14-37(41)38-15-5-9-19-42(38)49;1-4-14-29(15-5-1)31-26-32(30-16-6-2-7-17-30)28-34(27-31)44-40-23-13-11-21-36(40)38-25-24-37-35-20-10-12-22-39(35)43(41(37)42(38)44)33-18-8-3-9-19-33/h1-33H;1-31H;1-28H. The van der Waals surface area contributed by atoms with E-state index >= 15 is 0 Å². The van der Waals surface area contributed by atoms with Gasteiger partial charge in [0.15, 0.2) is 0 Å². The minimum atomic E-state index is 1.14. The Kier molecular flexibility index (Phi) is 19.9. The zero-order valence-corrected chi connectivity index (χ0v) is 81.7. The van der Waals surface area contributed by atoms with Gasteiger partial charge >= 0.3 is 0 Å². The SMILES string of the molecule is c1ccc(-c2cc(-c3ccccc3)cc(-n3c4ccccc4c4ccc5c6ccccc6n(-c6ccccc6)c5c43)c2)cc1.c1ccc(-c2ccc(-n3c4ccccc4c4c5c6ccccc6n(-c6ccc(-n7c8ccccc8c8ccccc87)cc6)c5ccc43)c3ccccc23)cc1.c1ccc(-c2ccc(-n3c4ccccc4c4c5c6ccccc6n(-c6ccc(-n7c8ccccc8c8ccccc87)cc6)c5ccc43)cc2)cc1. The second-order valence-electron chi connectivity index (χ2n) is 39.2. The summed E-state index contributed by atoms with van der Waals surface area (Å²) >= 11 is 0. The Morgan fingerprint density at radius 2 is 0.320 bits per heavy atom. The number of hydrogen-bond acceptors (Lipinski definition) is 0. The van der Waals surface area contributed by atoms with Gasteiger partial charge < -0.3 is 36.5 Å². The van der Waals surface area contributed by atoms with Crippen LogP contribution < -0.4 is 0 Å². The highest BCUT2D eigenvalue weighted by Crippen LogP contribution is 2.50. The van der Waals surface area contributed by atoms with E-state index in [4.69, 9.17) is 0 Å². The van der Waals surface area contributed by atoms with Crippen molar-refractivity contribution < 1.29 is 0 Å². The highest BCUT2D eigenvalue weighted by Gasteiger charge is 2.28. The molecule has 8 heterocycles. The number of fused-ring (bicyclic) bond motifs is 28. The lowest BCUT2D eigenvalue weighted by molar-refractivity contribution is 1.14. The van der Waals surface area contributed by atoms with E-state index in [1.807, 2.05) is 0 Å². The van der Waals surface area contributed by atoms with Crippen molar-refractivity contribution in [1.29, 1.82) is 0 Å². The highest BCUT2D eigenvalue weighted by molar-refractivity contribution is 6.32. The molecular weight excluding hydrogens is 1820 g/mol. The van der Waals surface area contributed by atoms with Gasteiger partial charge in [-0.1, -0.05) is 376 Å². The van der Waals surface area contributed by atoms with Gasteiger partial charge in [0.25, 0.3) is 0 Å². The van der Waals surface area contributed by atoms with E-state index in [2.05, 4.69) is 595 Å². The maximum absolute atomic E-state index is 2.49. The van der Waals surface area contributed by atoms with Crippen molar-refractivity contribution in [2.75, 3.05) is 0 Å². The third kappa shape index (κ3) is 13.5. The van der Waals surface area contributed by atoms with Crippen LogP contribution in [0.25, 0.3) is 275 Å². The molecule has 0 bridgehead atoms. The van der Waals surface area contributed by atoms with Crippen LogP contribution in [0.15, 0.2) is 558 Å². The molecule has 32 rings (SSSR count). The highest BCUT2D eigenvalue weighted by atomic mass is 15.1. The molecule has 0 saturated carbocycles. The van der Waals surface area contributed by atoms with Crippen LogP contribution in [0.3, 0.4) is 0 Å². The largest absolute Gasteiger partial charge is 0.309 e. The van der Waals surface area contributed by atoms with Crippen LogP contribution in [0.4, 0.5) is 0 Å². The van der Waals surface area contributed by atoms with Gasteiger partial charge in [-0.2, -0.15) is 0 Å². The van der Waals surface area contributed by atoms with E-state index in [1.54, 1.807) is 0 Å². The first-order chi connectivity index (χ1) is 74.5. The number of benzene rings is 24. The monoisotopic (exact) mass is 1910 g/mol. The molecule has 0 aliphatic carbocycles. The first-order valence-electron chi connectivity index (χ1n) is 51.6. The summed E-state index contributed by atoms with van der Waals surface area (Å²) in [5, 5.41) is 22.7. The van der Waals surface area contributed by atoms with E-state index in [0.29, 0.717) is 0 Å². The van der Waals surface area contributed by atoms with Gasteiger partial charge in [0.1, 0.15) is 0 Å². The molecule has 0 aliphatic heterocycles. The van der Waals surface area contributed by atoms with Gasteiger partial charge in [-0.05, 0) is 232 Å². The van der Waals surface area contributed by atoms with Crippen LogP contribution in [0.2, 0.25) is 0 Å². The predicted molar refractivity (Wildman–Crippen MR) is 633 cm³/mol. The molecule has 0 fully saturated rings. The van der Waals surface area contributed by atoms with E-state index in [-0.39, 0.29) is 0 Å². The fraction of sp³-hybridized carbons (Fsp3) is 0. The van der Waals surface area contributed by atoms with Crippen molar-refractivity contribution in [3.8, 4) is 90.0 Å². The summed E-state index contributed by atoms with van der Waals surface area (Å²) in [4.78, 5) is 0. The van der Waals surface area contributed by atoms with Gasteiger partial charge in [0.2, 0.25) is 0 Å². The molecule has 8 heteroatoms. The van der Waals surface area contributed by atoms with Crippen LogP contribution >= 0.6 is 0 Å². The number of para-hydroxylation sites is 11. The average molecular weight is 1910 g/mol. The van der Waals surface area contributed by atoms with Gasteiger partial charge in [0.05, 0.1) is 94.0 Å². The second-order valence-corrected chi connectivity index (χ2v) is 39.2. The van der Waals surface area contributed by atoms with E-state index in [9.17, 15) is 0 Å². The lowest BCUT2D eigenvalue weighted by Crippen LogP contribution is -1.99. The smallest absolute Gasteiger partial charge is 0.0788 e. The molecule has 0 unspecified atom stereocenters. The molecule has 32 aromatic rings. The summed E-state index contributed by atoms with van der Waals surface area (Å²) in [5.41, 5.74) is 38.3. The maximum atomic E-state index is 2.49. The molecule has 8 aromatic heterocycles. The number of aromatic nitrogens is 8. The summed E-state index contributed by atoms with van der Waals surface area (Å²) in [6.07, 6.45) is 0. The van der Waals surface area contributed by atoms with Gasteiger partial charge in [-0.15, -0.1) is 0 Å². The zero-order valence-electron chi connectivity index (χ0n) is 81.7. The molecule has 0 aliphatic rings. The van der Waals surface area contributed by atoms with E-state index in [1.165, 1.54) is 235 Å². The Balaban J connectivity index is 0.000000104. The van der Waals surface area contributed by atoms with Gasteiger partial charge in [-0.25, -0.2) is 0 Å². The van der Waals surface area contributed by atoms with Crippen LogP contribution in [0, 0.1) is 0 Å². The minimum Gasteiger partial charge on any atom is -0.309 e. The molecule has 0 spiro atoms. The third-order valence-electron chi connectivity index (χ3n) is 31.2. The Labute approximate surface area is 863 Å². The molecule has 0 amide bonds. The first-order valence-corrected chi connectivity index (χ1v) is 51.6. The summed E-state index contributed by atoms with van der Waals surface area (Å²) < 4.78 is 19.5. The van der Waals surface area contributed by atoms with Crippen LogP contribution in [0.5, 0.6) is 0 Å². The Hall–Kier alpha value is -20.1. The van der Waals surface area contributed by atoms with E-state index < -0.39 is 0 Å². The predicted octanol–water partition coefficient (Wildman–Crippen LogP) is 37.7. The number of hydrogen-bond donors (Lipinski definition) is 0. The fourth-order valence-corrected chi connectivity index (χ4v) is 24.8. The Morgan fingerprint density at radius 1 is 0.100 bits per heavy atom. The second kappa shape index (κ2) is 34.9. The van der Waals surface area contributed by atoms with Crippen molar-refractivity contribution in [2.24, 2.45) is 0 Å². The maximum Gasteiger partial charge on any atom is 0.0788 e. The lowest BCUT2D eigenvalue weighted by atomic mass is 9.97. The van der Waals surface area contributed by atoms with Crippen molar-refractivity contribution >= 4 is 185 Å². The molecule has 0 N–H and O–H groups in total. The van der Waals surface area contributed by atoms with Crippen molar-refractivity contribution in [2.45, 2.75) is 0 Å².